The molecule has 122 valence electrons. The van der Waals surface area contributed by atoms with E-state index >= 15 is 0 Å². The number of benzene rings is 3. The third-order valence-corrected chi connectivity index (χ3v) is 4.49. The van der Waals surface area contributed by atoms with Crippen LogP contribution >= 0.6 is 15.9 Å². The highest BCUT2D eigenvalue weighted by Crippen LogP contribution is 2.29. The summed E-state index contributed by atoms with van der Waals surface area (Å²) in [6.07, 6.45) is 0. The van der Waals surface area contributed by atoms with E-state index in [1.54, 1.807) is 0 Å². The molecule has 3 aromatic carbocycles. The topological polar surface area (TPSA) is 37.8 Å². The molecule has 0 saturated carbocycles. The Kier molecular flexibility index (Phi) is 4.44. The number of anilines is 1. The molecule has 0 unspecified atom stereocenters. The van der Waals surface area contributed by atoms with Crippen molar-refractivity contribution in [3.63, 3.8) is 0 Å². The summed E-state index contributed by atoms with van der Waals surface area (Å²) in [7, 11) is 0. The maximum Gasteiger partial charge on any atom is 0.224 e. The Hall–Kier alpha value is -2.72. The van der Waals surface area contributed by atoms with Crippen LogP contribution in [-0.4, -0.2) is 9.97 Å². The standard InChI is InChI=1S/C21H16BrN3/c22-17-11-12-19-18(13-17)20(16-9-5-2-6-10-16)25-21(24-19)23-14-15-7-3-1-4-8-15/h1-13H,14H2,(H,23,24,25). The Labute approximate surface area is 154 Å². The molecular weight excluding hydrogens is 374 g/mol. The van der Waals surface area contributed by atoms with E-state index in [1.165, 1.54) is 5.56 Å². The second-order valence-electron chi connectivity index (χ2n) is 5.76. The lowest BCUT2D eigenvalue weighted by Gasteiger charge is -2.11. The molecule has 0 bridgehead atoms. The molecule has 4 heteroatoms. The molecule has 1 N–H and O–H groups in total. The summed E-state index contributed by atoms with van der Waals surface area (Å²) in [5, 5.41) is 4.38. The second-order valence-corrected chi connectivity index (χ2v) is 6.68. The summed E-state index contributed by atoms with van der Waals surface area (Å²) in [5.41, 5.74) is 4.13. The first-order chi connectivity index (χ1) is 12.3. The van der Waals surface area contributed by atoms with Gasteiger partial charge in [0.1, 0.15) is 0 Å². The zero-order valence-corrected chi connectivity index (χ0v) is 15.1. The molecule has 0 atom stereocenters. The van der Waals surface area contributed by atoms with Gasteiger partial charge < -0.3 is 5.32 Å². The summed E-state index contributed by atoms with van der Waals surface area (Å²) < 4.78 is 1.02. The fourth-order valence-corrected chi connectivity index (χ4v) is 3.13. The molecule has 0 radical (unpaired) electrons. The fraction of sp³-hybridized carbons (Fsp3) is 0.0476. The van der Waals surface area contributed by atoms with E-state index in [4.69, 9.17) is 4.98 Å². The quantitative estimate of drug-likeness (QED) is 0.488. The van der Waals surface area contributed by atoms with Gasteiger partial charge in [0.25, 0.3) is 0 Å². The zero-order valence-electron chi connectivity index (χ0n) is 13.5. The fourth-order valence-electron chi connectivity index (χ4n) is 2.77. The molecule has 0 aliphatic heterocycles. The Morgan fingerprint density at radius 1 is 0.800 bits per heavy atom. The van der Waals surface area contributed by atoms with E-state index in [1.807, 2.05) is 48.5 Å². The molecule has 0 spiro atoms. The highest BCUT2D eigenvalue weighted by molar-refractivity contribution is 9.10. The van der Waals surface area contributed by atoms with Gasteiger partial charge in [-0.15, -0.1) is 0 Å². The maximum atomic E-state index is 4.78. The van der Waals surface area contributed by atoms with Crippen molar-refractivity contribution in [3.8, 4) is 11.3 Å². The summed E-state index contributed by atoms with van der Waals surface area (Å²) in [6.45, 7) is 0.692. The second kappa shape index (κ2) is 7.03. The molecule has 4 rings (SSSR count). The number of aromatic nitrogens is 2. The van der Waals surface area contributed by atoms with Crippen molar-refractivity contribution in [1.29, 1.82) is 0 Å². The summed E-state index contributed by atoms with van der Waals surface area (Å²) >= 11 is 3.55. The molecule has 0 aliphatic carbocycles. The van der Waals surface area contributed by atoms with Gasteiger partial charge in [-0.05, 0) is 23.8 Å². The van der Waals surface area contributed by atoms with Crippen molar-refractivity contribution in [2.75, 3.05) is 5.32 Å². The molecule has 1 aromatic heterocycles. The van der Waals surface area contributed by atoms with Crippen LogP contribution in [0.4, 0.5) is 5.95 Å². The van der Waals surface area contributed by atoms with Crippen LogP contribution in [0.1, 0.15) is 5.56 Å². The highest BCUT2D eigenvalue weighted by Gasteiger charge is 2.10. The third-order valence-electron chi connectivity index (χ3n) is 4.00. The predicted molar refractivity (Wildman–Crippen MR) is 106 cm³/mol. The highest BCUT2D eigenvalue weighted by atomic mass is 79.9. The first-order valence-corrected chi connectivity index (χ1v) is 8.89. The molecular formula is C21H16BrN3. The monoisotopic (exact) mass is 389 g/mol. The van der Waals surface area contributed by atoms with Crippen molar-refractivity contribution in [2.45, 2.75) is 6.54 Å². The van der Waals surface area contributed by atoms with Crippen LogP contribution in [0.15, 0.2) is 83.3 Å². The van der Waals surface area contributed by atoms with Crippen molar-refractivity contribution in [3.05, 3.63) is 88.9 Å². The Balaban J connectivity index is 1.77. The van der Waals surface area contributed by atoms with Crippen LogP contribution in [-0.2, 0) is 6.54 Å². The van der Waals surface area contributed by atoms with Gasteiger partial charge in [-0.3, -0.25) is 0 Å². The van der Waals surface area contributed by atoms with Gasteiger partial charge in [-0.25, -0.2) is 9.97 Å². The van der Waals surface area contributed by atoms with Gasteiger partial charge >= 0.3 is 0 Å². The number of rotatable bonds is 4. The van der Waals surface area contributed by atoms with E-state index in [-0.39, 0.29) is 0 Å². The van der Waals surface area contributed by atoms with Crippen LogP contribution in [0.5, 0.6) is 0 Å². The third kappa shape index (κ3) is 3.54. The minimum absolute atomic E-state index is 0.637. The van der Waals surface area contributed by atoms with Crippen molar-refractivity contribution >= 4 is 32.8 Å². The van der Waals surface area contributed by atoms with Gasteiger partial charge in [0.15, 0.2) is 0 Å². The van der Waals surface area contributed by atoms with Crippen LogP contribution in [0.25, 0.3) is 22.2 Å². The number of nitrogens with zero attached hydrogens (tertiary/aromatic N) is 2. The Morgan fingerprint density at radius 3 is 2.28 bits per heavy atom. The molecule has 1 heterocycles. The number of fused-ring (bicyclic) bond motifs is 1. The average molecular weight is 390 g/mol. The first-order valence-electron chi connectivity index (χ1n) is 8.10. The van der Waals surface area contributed by atoms with E-state index in [9.17, 15) is 0 Å². The van der Waals surface area contributed by atoms with Gasteiger partial charge in [0.05, 0.1) is 11.2 Å². The molecule has 4 aromatic rings. The minimum Gasteiger partial charge on any atom is -0.350 e. The lowest BCUT2D eigenvalue weighted by Crippen LogP contribution is -2.04. The lowest BCUT2D eigenvalue weighted by atomic mass is 10.1. The first kappa shape index (κ1) is 15.8. The molecule has 0 aliphatic rings. The van der Waals surface area contributed by atoms with Gasteiger partial charge in [-0.2, -0.15) is 0 Å². The van der Waals surface area contributed by atoms with E-state index in [0.717, 1.165) is 26.6 Å². The van der Waals surface area contributed by atoms with E-state index in [2.05, 4.69) is 56.6 Å². The average Bonchev–Trinajstić information content (AvgIpc) is 2.67. The summed E-state index contributed by atoms with van der Waals surface area (Å²) in [4.78, 5) is 9.46. The number of hydrogen-bond donors (Lipinski definition) is 1. The van der Waals surface area contributed by atoms with Crippen molar-refractivity contribution in [2.24, 2.45) is 0 Å². The zero-order chi connectivity index (χ0) is 17.1. The smallest absolute Gasteiger partial charge is 0.224 e. The van der Waals surface area contributed by atoms with E-state index in [0.29, 0.717) is 12.5 Å². The molecule has 0 amide bonds. The molecule has 0 saturated heterocycles. The summed E-state index contributed by atoms with van der Waals surface area (Å²) in [6, 6.07) is 26.6. The number of halogens is 1. The maximum absolute atomic E-state index is 4.78. The SMILES string of the molecule is Brc1ccc2nc(NCc3ccccc3)nc(-c3ccccc3)c2c1. The minimum atomic E-state index is 0.637. The molecule has 25 heavy (non-hydrogen) atoms. The largest absolute Gasteiger partial charge is 0.350 e. The Bertz CT molecular complexity index is 1000. The Morgan fingerprint density at radius 2 is 1.52 bits per heavy atom. The molecule has 0 fully saturated rings. The van der Waals surface area contributed by atoms with Crippen LogP contribution in [0.3, 0.4) is 0 Å². The van der Waals surface area contributed by atoms with E-state index < -0.39 is 0 Å². The van der Waals surface area contributed by atoms with Crippen LogP contribution in [0, 0.1) is 0 Å². The number of hydrogen-bond acceptors (Lipinski definition) is 3. The van der Waals surface area contributed by atoms with Crippen molar-refractivity contribution < 1.29 is 0 Å². The van der Waals surface area contributed by atoms with Gasteiger partial charge in [-0.1, -0.05) is 76.6 Å². The summed E-state index contributed by atoms with van der Waals surface area (Å²) in [5.74, 6) is 0.637. The van der Waals surface area contributed by atoms with Gasteiger partial charge in [0.2, 0.25) is 5.95 Å². The molecule has 3 nitrogen and oxygen atoms in total. The lowest BCUT2D eigenvalue weighted by molar-refractivity contribution is 1.07. The van der Waals surface area contributed by atoms with Crippen molar-refractivity contribution in [1.82, 2.24) is 9.97 Å². The van der Waals surface area contributed by atoms with Gasteiger partial charge in [0, 0.05) is 22.0 Å². The number of nitrogens with one attached hydrogen (secondary N) is 1. The normalized spacial score (nSPS) is 10.8. The predicted octanol–water partition coefficient (Wildman–Crippen LogP) is 5.67. The van der Waals surface area contributed by atoms with Crippen LogP contribution < -0.4 is 5.32 Å². The van der Waals surface area contributed by atoms with Crippen LogP contribution in [0.2, 0.25) is 0 Å².